The van der Waals surface area contributed by atoms with E-state index in [1.807, 2.05) is 31.2 Å². The zero-order valence-electron chi connectivity index (χ0n) is 23.7. The summed E-state index contributed by atoms with van der Waals surface area (Å²) in [5, 5.41) is 11.5. The number of amides is 1. The van der Waals surface area contributed by atoms with Crippen molar-refractivity contribution < 1.29 is 27.9 Å². The summed E-state index contributed by atoms with van der Waals surface area (Å²) in [5.41, 5.74) is 3.81. The summed E-state index contributed by atoms with van der Waals surface area (Å²) in [4.78, 5) is 25.9. The average molecular weight is 568 g/mol. The number of nitrogens with zero attached hydrogens (tertiary/aromatic N) is 2. The maximum atomic E-state index is 13.1. The third kappa shape index (κ3) is 4.56. The first-order valence-corrected chi connectivity index (χ1v) is 15.2. The number of nitrogens with one attached hydrogen (secondary N) is 1. The van der Waals surface area contributed by atoms with Crippen LogP contribution in [0.1, 0.15) is 79.3 Å². The molecule has 1 saturated carbocycles. The molecule has 0 radical (unpaired) electrons. The summed E-state index contributed by atoms with van der Waals surface area (Å²) in [7, 11) is 0.323. The summed E-state index contributed by atoms with van der Waals surface area (Å²) in [5.74, 6) is -1.02. The number of carboxylic acid groups (broad SMARTS) is 1. The molecule has 2 atom stereocenters. The van der Waals surface area contributed by atoms with Crippen molar-refractivity contribution in [3.63, 3.8) is 0 Å². The molecule has 2 unspecified atom stereocenters. The van der Waals surface area contributed by atoms with E-state index in [1.165, 1.54) is 26.1 Å². The molecule has 10 heteroatoms. The molecular weight excluding hydrogens is 530 g/mol. The number of benzene rings is 2. The van der Waals surface area contributed by atoms with Crippen LogP contribution in [0.3, 0.4) is 0 Å². The molecule has 3 aromatic rings. The number of ether oxygens (including phenoxy) is 1. The monoisotopic (exact) mass is 567 g/mol. The van der Waals surface area contributed by atoms with Crippen molar-refractivity contribution in [2.24, 2.45) is 5.41 Å². The Morgan fingerprint density at radius 3 is 2.42 bits per heavy atom. The number of aromatic nitrogens is 1. The second-order valence-corrected chi connectivity index (χ2v) is 13.4. The number of fused-ring (bicyclic) bond motifs is 5. The first kappa shape index (κ1) is 28.2. The lowest BCUT2D eigenvalue weighted by atomic mass is 9.73. The molecule has 0 saturated heterocycles. The van der Waals surface area contributed by atoms with Gasteiger partial charge in [0.15, 0.2) is 0 Å². The lowest BCUT2D eigenvalue weighted by molar-refractivity contribution is -0.150. The van der Waals surface area contributed by atoms with E-state index in [0.29, 0.717) is 11.7 Å². The summed E-state index contributed by atoms with van der Waals surface area (Å²) >= 11 is 0. The zero-order valence-corrected chi connectivity index (χ0v) is 24.5. The van der Waals surface area contributed by atoms with E-state index in [1.54, 1.807) is 26.2 Å². The molecule has 2 N–H and O–H groups in total. The van der Waals surface area contributed by atoms with Crippen LogP contribution in [0.15, 0.2) is 36.4 Å². The molecule has 9 nitrogen and oxygen atoms in total. The predicted molar refractivity (Wildman–Crippen MR) is 154 cm³/mol. The number of methoxy groups -OCH3 is 1. The molecule has 1 aromatic heterocycles. The van der Waals surface area contributed by atoms with Gasteiger partial charge < -0.3 is 14.4 Å². The van der Waals surface area contributed by atoms with E-state index in [9.17, 15) is 23.1 Å². The van der Waals surface area contributed by atoms with Crippen molar-refractivity contribution >= 4 is 33.0 Å². The Morgan fingerprint density at radius 2 is 1.80 bits per heavy atom. The number of carbonyl (C=O) groups excluding carboxylic acids is 1. The minimum Gasteiger partial charge on any atom is -0.497 e. The maximum Gasteiger partial charge on any atom is 0.311 e. The van der Waals surface area contributed by atoms with E-state index in [2.05, 4.69) is 9.29 Å². The quantitative estimate of drug-likeness (QED) is 0.428. The third-order valence-electron chi connectivity index (χ3n) is 8.99. The molecule has 1 amide bonds. The molecule has 1 aliphatic carbocycles. The lowest BCUT2D eigenvalue weighted by Crippen LogP contribution is -2.39. The van der Waals surface area contributed by atoms with E-state index >= 15 is 0 Å². The van der Waals surface area contributed by atoms with E-state index in [4.69, 9.17) is 4.74 Å². The minimum atomic E-state index is -3.98. The van der Waals surface area contributed by atoms with Crippen LogP contribution in [0.2, 0.25) is 0 Å². The second kappa shape index (κ2) is 10.2. The van der Waals surface area contributed by atoms with E-state index < -0.39 is 27.5 Å². The van der Waals surface area contributed by atoms with Crippen LogP contribution >= 0.6 is 0 Å². The number of hydrogen-bond donors (Lipinski definition) is 2. The number of hydrogen-bond acceptors (Lipinski definition) is 5. The van der Waals surface area contributed by atoms with Gasteiger partial charge in [0, 0.05) is 42.7 Å². The Morgan fingerprint density at radius 1 is 1.10 bits per heavy atom. The predicted octanol–water partition coefficient (Wildman–Crippen LogP) is 5.11. The third-order valence-corrected chi connectivity index (χ3v) is 10.4. The fourth-order valence-corrected chi connectivity index (χ4v) is 6.88. The van der Waals surface area contributed by atoms with Gasteiger partial charge in [0.2, 0.25) is 0 Å². The molecule has 1 aliphatic heterocycles. The van der Waals surface area contributed by atoms with Gasteiger partial charge in [-0.2, -0.15) is 12.7 Å². The van der Waals surface area contributed by atoms with Crippen molar-refractivity contribution in [3.8, 4) is 17.0 Å². The van der Waals surface area contributed by atoms with Gasteiger partial charge in [-0.1, -0.05) is 32.3 Å². The fraction of sp³-hybridized carbons (Fsp3) is 0.467. The molecule has 0 bridgehead atoms. The molecule has 40 heavy (non-hydrogen) atoms. The van der Waals surface area contributed by atoms with E-state index in [0.717, 1.165) is 57.7 Å². The highest BCUT2D eigenvalue weighted by Crippen LogP contribution is 2.52. The summed E-state index contributed by atoms with van der Waals surface area (Å²) in [6.07, 6.45) is 5.51. The Labute approximate surface area is 235 Å². The van der Waals surface area contributed by atoms with Crippen LogP contribution < -0.4 is 9.46 Å². The molecule has 2 aliphatic rings. The molecule has 5 rings (SSSR count). The van der Waals surface area contributed by atoms with Crippen LogP contribution in [-0.2, 0) is 21.5 Å². The van der Waals surface area contributed by atoms with Crippen LogP contribution in [-0.4, -0.2) is 55.5 Å². The molecule has 214 valence electrons. The van der Waals surface area contributed by atoms with Crippen LogP contribution in [0, 0.1) is 5.41 Å². The van der Waals surface area contributed by atoms with Crippen molar-refractivity contribution in [1.82, 2.24) is 13.6 Å². The number of carboxylic acids is 1. The lowest BCUT2D eigenvalue weighted by Gasteiger charge is -2.31. The van der Waals surface area contributed by atoms with Gasteiger partial charge in [-0.3, -0.25) is 9.59 Å². The van der Waals surface area contributed by atoms with Gasteiger partial charge >= 0.3 is 16.2 Å². The standard InChI is InChI=1S/C30H37N3O6S/c1-18-24-16-21(39-5)12-14-22(24)27-26(19-9-7-6-8-10-19)23-13-11-20(28(34)31-40(37,38)32(3)4)15-25(23)33(27)17-30(18,2)29(35)36/h11-16,18-19H,6-10,17H2,1-5H3,(H,31,34)(H,35,36). The van der Waals surface area contributed by atoms with Crippen LogP contribution in [0.5, 0.6) is 5.75 Å². The van der Waals surface area contributed by atoms with Gasteiger partial charge in [0.25, 0.3) is 5.91 Å². The first-order chi connectivity index (χ1) is 18.9. The molecule has 1 fully saturated rings. The highest BCUT2D eigenvalue weighted by atomic mass is 32.2. The molecule has 0 spiro atoms. The fourth-order valence-electron chi connectivity index (χ4n) is 6.35. The van der Waals surface area contributed by atoms with Crippen molar-refractivity contribution in [2.75, 3.05) is 21.2 Å². The first-order valence-electron chi connectivity index (χ1n) is 13.7. The molecule has 2 aromatic carbocycles. The number of carbonyl (C=O) groups is 2. The average Bonchev–Trinajstić information content (AvgIpc) is 3.20. The van der Waals surface area contributed by atoms with Gasteiger partial charge in [-0.25, -0.2) is 4.72 Å². The smallest absolute Gasteiger partial charge is 0.311 e. The number of rotatable bonds is 6. The van der Waals surface area contributed by atoms with Gasteiger partial charge in [-0.15, -0.1) is 0 Å². The van der Waals surface area contributed by atoms with Gasteiger partial charge in [0.1, 0.15) is 5.75 Å². The summed E-state index contributed by atoms with van der Waals surface area (Å²) < 4.78 is 35.4. The topological polar surface area (TPSA) is 118 Å². The molecule has 2 heterocycles. The Kier molecular flexibility index (Phi) is 7.20. The van der Waals surface area contributed by atoms with Crippen LogP contribution in [0.4, 0.5) is 0 Å². The highest BCUT2D eigenvalue weighted by molar-refractivity contribution is 7.87. The minimum absolute atomic E-state index is 0.192. The van der Waals surface area contributed by atoms with Crippen molar-refractivity contribution in [1.29, 1.82) is 0 Å². The Hall–Kier alpha value is -3.37. The molecular formula is C30H37N3O6S. The zero-order chi connectivity index (χ0) is 29.0. The SMILES string of the molecule is COc1ccc2c(c1)C(C)C(C)(C(=O)O)Cn1c-2c(C2CCCCC2)c2ccc(C(=O)NS(=O)(=O)N(C)C)cc21. The van der Waals surface area contributed by atoms with Crippen LogP contribution in [0.25, 0.3) is 22.2 Å². The van der Waals surface area contributed by atoms with E-state index in [-0.39, 0.29) is 18.0 Å². The summed E-state index contributed by atoms with van der Waals surface area (Å²) in [6.45, 7) is 3.91. The maximum absolute atomic E-state index is 13.1. The highest BCUT2D eigenvalue weighted by Gasteiger charge is 2.45. The number of aliphatic carboxylic acids is 1. The normalized spacial score (nSPS) is 21.5. The van der Waals surface area contributed by atoms with Crippen molar-refractivity contribution in [2.45, 2.75) is 64.3 Å². The summed E-state index contributed by atoms with van der Waals surface area (Å²) in [6, 6.07) is 11.1. The van der Waals surface area contributed by atoms with Crippen molar-refractivity contribution in [3.05, 3.63) is 53.1 Å². The Balaban J connectivity index is 1.81. The van der Waals surface area contributed by atoms with Gasteiger partial charge in [0.05, 0.1) is 18.2 Å². The Bertz CT molecular complexity index is 1600. The second-order valence-electron chi connectivity index (χ2n) is 11.5. The largest absolute Gasteiger partial charge is 0.497 e. The van der Waals surface area contributed by atoms with Gasteiger partial charge in [-0.05, 0) is 73.1 Å².